The molecule has 1 rings (SSSR count). The van der Waals surface area contributed by atoms with Crippen LogP contribution in [0.5, 0.6) is 0 Å². The first-order valence-corrected chi connectivity index (χ1v) is 4.27. The third-order valence-electron chi connectivity index (χ3n) is 1.50. The molecular weight excluding hydrogens is 154 g/mol. The average Bonchev–Trinajstić information content (AvgIpc) is 2.48. The molecule has 1 N–H and O–H groups in total. The van der Waals surface area contributed by atoms with E-state index in [4.69, 9.17) is 4.42 Å². The van der Waals surface area contributed by atoms with Crippen LogP contribution in [0.3, 0.4) is 0 Å². The Labute approximate surface area is 72.4 Å². The van der Waals surface area contributed by atoms with E-state index >= 15 is 0 Å². The van der Waals surface area contributed by atoms with Crippen molar-refractivity contribution in [3.05, 3.63) is 11.8 Å². The molecule has 0 radical (unpaired) electrons. The van der Waals surface area contributed by atoms with Crippen LogP contribution >= 0.6 is 0 Å². The topological polar surface area (TPSA) is 51.0 Å². The molecule has 0 aliphatic heterocycles. The molecule has 0 fully saturated rings. The second kappa shape index (κ2) is 4.21. The first kappa shape index (κ1) is 9.19. The van der Waals surface area contributed by atoms with E-state index in [1.807, 2.05) is 20.8 Å². The lowest BCUT2D eigenvalue weighted by molar-refractivity contribution is 0.420. The number of hydrogen-bond acceptors (Lipinski definition) is 4. The van der Waals surface area contributed by atoms with E-state index in [-0.39, 0.29) is 0 Å². The monoisotopic (exact) mass is 169 g/mol. The predicted octanol–water partition coefficient (Wildman–Crippen LogP) is 1.30. The Morgan fingerprint density at radius 3 is 2.67 bits per heavy atom. The highest BCUT2D eigenvalue weighted by molar-refractivity contribution is 4.86. The Morgan fingerprint density at radius 1 is 1.42 bits per heavy atom. The fraction of sp³-hybridized carbons (Fsp3) is 0.750. The van der Waals surface area contributed by atoms with Crippen LogP contribution in [0.1, 0.15) is 38.5 Å². The smallest absolute Gasteiger partial charge is 0.230 e. The quantitative estimate of drug-likeness (QED) is 0.738. The normalized spacial score (nSPS) is 11.0. The molecule has 0 aliphatic carbocycles. The summed E-state index contributed by atoms with van der Waals surface area (Å²) in [6.45, 7) is 7.68. The molecule has 4 heteroatoms. The Hall–Kier alpha value is -0.900. The maximum absolute atomic E-state index is 5.36. The molecule has 0 bridgehead atoms. The van der Waals surface area contributed by atoms with Crippen LogP contribution in [0.15, 0.2) is 4.42 Å². The van der Waals surface area contributed by atoms with E-state index in [1.54, 1.807) is 0 Å². The van der Waals surface area contributed by atoms with E-state index < -0.39 is 0 Å². The largest absolute Gasteiger partial charge is 0.424 e. The number of aromatic nitrogens is 2. The molecule has 0 saturated carbocycles. The fourth-order valence-electron chi connectivity index (χ4n) is 0.803. The van der Waals surface area contributed by atoms with Crippen LogP contribution in [0.4, 0.5) is 0 Å². The molecule has 0 spiro atoms. The minimum atomic E-state index is 0.313. The van der Waals surface area contributed by atoms with Gasteiger partial charge in [0.15, 0.2) is 0 Å². The molecule has 4 nitrogen and oxygen atoms in total. The van der Waals surface area contributed by atoms with E-state index in [2.05, 4.69) is 15.5 Å². The lowest BCUT2D eigenvalue weighted by Gasteiger charge is -1.95. The van der Waals surface area contributed by atoms with Crippen LogP contribution in [-0.4, -0.2) is 16.7 Å². The average molecular weight is 169 g/mol. The van der Waals surface area contributed by atoms with Crippen LogP contribution < -0.4 is 5.32 Å². The van der Waals surface area contributed by atoms with Crippen LogP contribution in [0.2, 0.25) is 0 Å². The minimum Gasteiger partial charge on any atom is -0.424 e. The van der Waals surface area contributed by atoms with Gasteiger partial charge in [-0.15, -0.1) is 10.2 Å². The van der Waals surface area contributed by atoms with Gasteiger partial charge in [0.2, 0.25) is 11.8 Å². The summed E-state index contributed by atoms with van der Waals surface area (Å²) in [7, 11) is 0. The van der Waals surface area contributed by atoms with Gasteiger partial charge in [0, 0.05) is 5.92 Å². The molecule has 1 aromatic heterocycles. The second-order valence-corrected chi connectivity index (χ2v) is 2.97. The Morgan fingerprint density at radius 2 is 2.17 bits per heavy atom. The summed E-state index contributed by atoms with van der Waals surface area (Å²) >= 11 is 0. The van der Waals surface area contributed by atoms with E-state index in [9.17, 15) is 0 Å². The molecular formula is C8H15N3O. The van der Waals surface area contributed by atoms with Crippen LogP contribution in [-0.2, 0) is 6.54 Å². The maximum Gasteiger partial charge on any atom is 0.230 e. The summed E-state index contributed by atoms with van der Waals surface area (Å²) in [5.74, 6) is 1.69. The Bertz CT molecular complexity index is 232. The van der Waals surface area contributed by atoms with Gasteiger partial charge in [0.1, 0.15) is 0 Å². The molecule has 0 unspecified atom stereocenters. The summed E-state index contributed by atoms with van der Waals surface area (Å²) < 4.78 is 5.36. The van der Waals surface area contributed by atoms with Gasteiger partial charge in [0.05, 0.1) is 6.54 Å². The molecule has 12 heavy (non-hydrogen) atoms. The summed E-state index contributed by atoms with van der Waals surface area (Å²) in [5.41, 5.74) is 0. The zero-order valence-electron chi connectivity index (χ0n) is 7.79. The van der Waals surface area contributed by atoms with Crippen molar-refractivity contribution in [2.24, 2.45) is 0 Å². The lowest BCUT2D eigenvalue weighted by atomic mass is 10.2. The number of nitrogens with zero attached hydrogens (tertiary/aromatic N) is 2. The molecule has 1 heterocycles. The molecule has 1 aromatic rings. The highest BCUT2D eigenvalue weighted by Crippen LogP contribution is 2.11. The number of rotatable bonds is 4. The standard InChI is InChI=1S/C8H15N3O/c1-4-9-5-7-10-11-8(12-7)6(2)3/h6,9H,4-5H2,1-3H3. The van der Waals surface area contributed by atoms with Gasteiger partial charge in [-0.05, 0) is 6.54 Å². The molecule has 0 saturated heterocycles. The van der Waals surface area contributed by atoms with Crippen molar-refractivity contribution in [3.8, 4) is 0 Å². The first-order valence-electron chi connectivity index (χ1n) is 4.27. The minimum absolute atomic E-state index is 0.313. The van der Waals surface area contributed by atoms with E-state index in [0.29, 0.717) is 24.2 Å². The van der Waals surface area contributed by atoms with E-state index in [1.165, 1.54) is 0 Å². The summed E-state index contributed by atoms with van der Waals surface area (Å²) in [4.78, 5) is 0. The molecule has 0 atom stereocenters. The van der Waals surface area contributed by atoms with Gasteiger partial charge in [0.25, 0.3) is 0 Å². The van der Waals surface area contributed by atoms with Crippen molar-refractivity contribution in [2.75, 3.05) is 6.54 Å². The summed E-state index contributed by atoms with van der Waals surface area (Å²) in [5, 5.41) is 10.9. The van der Waals surface area contributed by atoms with Crippen molar-refractivity contribution in [1.29, 1.82) is 0 Å². The number of nitrogens with one attached hydrogen (secondary N) is 1. The molecule has 0 aromatic carbocycles. The number of hydrogen-bond donors (Lipinski definition) is 1. The van der Waals surface area contributed by atoms with Gasteiger partial charge in [-0.1, -0.05) is 20.8 Å². The van der Waals surface area contributed by atoms with Crippen molar-refractivity contribution in [1.82, 2.24) is 15.5 Å². The van der Waals surface area contributed by atoms with Crippen LogP contribution in [0.25, 0.3) is 0 Å². The van der Waals surface area contributed by atoms with Crippen molar-refractivity contribution in [2.45, 2.75) is 33.2 Å². The van der Waals surface area contributed by atoms with Crippen LogP contribution in [0, 0.1) is 0 Å². The van der Waals surface area contributed by atoms with Crippen molar-refractivity contribution in [3.63, 3.8) is 0 Å². The summed E-state index contributed by atoms with van der Waals surface area (Å²) in [6.07, 6.45) is 0. The highest BCUT2D eigenvalue weighted by atomic mass is 16.4. The zero-order chi connectivity index (χ0) is 8.97. The second-order valence-electron chi connectivity index (χ2n) is 2.97. The first-order chi connectivity index (χ1) is 5.74. The zero-order valence-corrected chi connectivity index (χ0v) is 7.79. The third kappa shape index (κ3) is 2.30. The molecule has 68 valence electrons. The predicted molar refractivity (Wildman–Crippen MR) is 45.8 cm³/mol. The fourth-order valence-corrected chi connectivity index (χ4v) is 0.803. The van der Waals surface area contributed by atoms with E-state index in [0.717, 1.165) is 6.54 Å². The third-order valence-corrected chi connectivity index (χ3v) is 1.50. The van der Waals surface area contributed by atoms with Gasteiger partial charge < -0.3 is 9.73 Å². The van der Waals surface area contributed by atoms with Gasteiger partial charge in [-0.25, -0.2) is 0 Å². The Balaban J connectivity index is 2.52. The Kier molecular flexibility index (Phi) is 3.22. The SMILES string of the molecule is CCNCc1nnc(C(C)C)o1. The van der Waals surface area contributed by atoms with Gasteiger partial charge in [-0.3, -0.25) is 0 Å². The maximum atomic E-state index is 5.36. The molecule has 0 aliphatic rings. The lowest BCUT2D eigenvalue weighted by Crippen LogP contribution is -2.11. The molecule has 0 amide bonds. The highest BCUT2D eigenvalue weighted by Gasteiger charge is 2.07. The van der Waals surface area contributed by atoms with Crippen molar-refractivity contribution < 1.29 is 4.42 Å². The summed E-state index contributed by atoms with van der Waals surface area (Å²) in [6, 6.07) is 0. The van der Waals surface area contributed by atoms with Crippen molar-refractivity contribution >= 4 is 0 Å². The van der Waals surface area contributed by atoms with Gasteiger partial charge >= 0.3 is 0 Å². The van der Waals surface area contributed by atoms with Gasteiger partial charge in [-0.2, -0.15) is 0 Å².